The van der Waals surface area contributed by atoms with Crippen LogP contribution in [0.2, 0.25) is 0 Å². The first-order valence-corrected chi connectivity index (χ1v) is 11.3. The number of halogens is 2. The summed E-state index contributed by atoms with van der Waals surface area (Å²) in [7, 11) is 0. The Morgan fingerprint density at radius 3 is 2.68 bits per heavy atom. The van der Waals surface area contributed by atoms with Gasteiger partial charge in [0.25, 0.3) is 0 Å². The van der Waals surface area contributed by atoms with Crippen molar-refractivity contribution in [3.63, 3.8) is 0 Å². The van der Waals surface area contributed by atoms with E-state index in [1.165, 1.54) is 6.07 Å². The Morgan fingerprint density at radius 2 is 2.00 bits per heavy atom. The number of allylic oxidation sites excluding steroid dienone is 2. The Kier molecular flexibility index (Phi) is 5.45. The number of rotatable bonds is 3. The van der Waals surface area contributed by atoms with Crippen molar-refractivity contribution in [1.82, 2.24) is 9.97 Å². The lowest BCUT2D eigenvalue weighted by molar-refractivity contribution is 0.135. The lowest BCUT2D eigenvalue weighted by Gasteiger charge is -2.20. The molecule has 0 radical (unpaired) electrons. The smallest absolute Gasteiger partial charge is 0.225 e. The minimum Gasteiger partial charge on any atom is -0.401 e. The van der Waals surface area contributed by atoms with Gasteiger partial charge in [0.05, 0.1) is 18.8 Å². The number of anilines is 1. The first kappa shape index (κ1) is 22.2. The maximum absolute atomic E-state index is 16.4. The number of hydrogen-bond donors (Lipinski definition) is 1. The van der Waals surface area contributed by atoms with Crippen LogP contribution in [0.15, 0.2) is 24.0 Å². The maximum Gasteiger partial charge on any atom is 0.225 e. The van der Waals surface area contributed by atoms with Crippen LogP contribution >= 0.6 is 0 Å². The van der Waals surface area contributed by atoms with Crippen molar-refractivity contribution in [2.75, 3.05) is 18.0 Å². The normalized spacial score (nSPS) is 18.2. The van der Waals surface area contributed by atoms with Gasteiger partial charge in [-0.15, -0.1) is 0 Å². The van der Waals surface area contributed by atoms with E-state index in [2.05, 4.69) is 23.0 Å². The zero-order valence-corrected chi connectivity index (χ0v) is 19.4. The second kappa shape index (κ2) is 8.33. The molecule has 2 aromatic carbocycles. The van der Waals surface area contributed by atoms with Gasteiger partial charge in [0, 0.05) is 47.1 Å². The van der Waals surface area contributed by atoms with Gasteiger partial charge >= 0.3 is 0 Å². The summed E-state index contributed by atoms with van der Waals surface area (Å²) in [4.78, 5) is 11.1. The second-order valence-corrected chi connectivity index (χ2v) is 9.20. The molecule has 5 rings (SSSR count). The summed E-state index contributed by atoms with van der Waals surface area (Å²) >= 11 is 0. The molecule has 1 atom stereocenters. The number of benzene rings is 2. The number of nitriles is 1. The van der Waals surface area contributed by atoms with E-state index in [1.54, 1.807) is 26.1 Å². The van der Waals surface area contributed by atoms with E-state index in [4.69, 9.17) is 10.5 Å². The SMILES string of the molecule is C/C(N)=C(/C#N)c1c(C)ccc(F)c1-c1c2c(c3cnc(N4CCC(C)C4)nc3c1F)COC2. The van der Waals surface area contributed by atoms with Crippen molar-refractivity contribution >= 4 is 22.4 Å². The summed E-state index contributed by atoms with van der Waals surface area (Å²) in [6, 6.07) is 4.93. The van der Waals surface area contributed by atoms with Gasteiger partial charge in [-0.2, -0.15) is 5.26 Å². The standard InChI is InChI=1S/C26H25F2N5O/c1-13-6-7-33(10-13)26-31-9-17-18-11-34-12-19(18)22(24(28)25(17)32-26)23-20(27)5-4-14(2)21(23)16(8-29)15(3)30/h4-5,9,13H,6-7,10-12,30H2,1-3H3/b16-15+. The number of nitrogens with zero attached hydrogens (tertiary/aromatic N) is 4. The molecule has 0 saturated carbocycles. The Morgan fingerprint density at radius 1 is 1.24 bits per heavy atom. The number of aryl methyl sites for hydroxylation is 1. The summed E-state index contributed by atoms with van der Waals surface area (Å²) in [5.74, 6) is -0.314. The van der Waals surface area contributed by atoms with Crippen LogP contribution in [0.4, 0.5) is 14.7 Å². The Hall–Kier alpha value is -3.57. The summed E-state index contributed by atoms with van der Waals surface area (Å²) in [6.45, 7) is 7.47. The molecule has 1 unspecified atom stereocenters. The fourth-order valence-electron chi connectivity index (χ4n) is 5.02. The molecular weight excluding hydrogens is 436 g/mol. The first-order valence-electron chi connectivity index (χ1n) is 11.3. The molecule has 2 N–H and O–H groups in total. The zero-order chi connectivity index (χ0) is 24.1. The van der Waals surface area contributed by atoms with Gasteiger partial charge in [0.2, 0.25) is 5.95 Å². The van der Waals surface area contributed by atoms with Crippen LogP contribution in [0, 0.1) is 35.8 Å². The molecule has 174 valence electrons. The topological polar surface area (TPSA) is 88.1 Å². The van der Waals surface area contributed by atoms with Gasteiger partial charge < -0.3 is 15.4 Å². The van der Waals surface area contributed by atoms with Crippen LogP contribution in [0.5, 0.6) is 0 Å². The Balaban J connectivity index is 1.84. The fraction of sp³-hybridized carbons (Fsp3) is 0.346. The average molecular weight is 462 g/mol. The Bertz CT molecular complexity index is 1410. The predicted octanol–water partition coefficient (Wildman–Crippen LogP) is 4.97. The van der Waals surface area contributed by atoms with Crippen molar-refractivity contribution in [2.24, 2.45) is 11.7 Å². The number of hydrogen-bond acceptors (Lipinski definition) is 6. The minimum absolute atomic E-state index is 0.0115. The summed E-state index contributed by atoms with van der Waals surface area (Å²) in [5.41, 5.74) is 8.75. The van der Waals surface area contributed by atoms with E-state index in [-0.39, 0.29) is 46.7 Å². The molecule has 34 heavy (non-hydrogen) atoms. The quantitative estimate of drug-likeness (QED) is 0.554. The van der Waals surface area contributed by atoms with E-state index < -0.39 is 11.6 Å². The van der Waals surface area contributed by atoms with Gasteiger partial charge in [-0.3, -0.25) is 0 Å². The minimum atomic E-state index is -0.646. The van der Waals surface area contributed by atoms with E-state index >= 15 is 8.78 Å². The van der Waals surface area contributed by atoms with Gasteiger partial charge in [0.15, 0.2) is 5.82 Å². The lowest BCUT2D eigenvalue weighted by Crippen LogP contribution is -2.21. The second-order valence-electron chi connectivity index (χ2n) is 9.20. The van der Waals surface area contributed by atoms with Gasteiger partial charge in [-0.25, -0.2) is 18.7 Å². The highest BCUT2D eigenvalue weighted by Gasteiger charge is 2.31. The molecule has 2 aliphatic rings. The van der Waals surface area contributed by atoms with E-state index in [1.807, 2.05) is 4.90 Å². The molecule has 6 nitrogen and oxygen atoms in total. The maximum atomic E-state index is 16.4. The third kappa shape index (κ3) is 3.39. The summed E-state index contributed by atoms with van der Waals surface area (Å²) in [6.07, 6.45) is 2.66. The summed E-state index contributed by atoms with van der Waals surface area (Å²) < 4.78 is 37.5. The third-order valence-electron chi connectivity index (χ3n) is 6.76. The largest absolute Gasteiger partial charge is 0.401 e. The Labute approximate surface area is 196 Å². The van der Waals surface area contributed by atoms with Crippen molar-refractivity contribution in [3.8, 4) is 17.2 Å². The molecule has 0 spiro atoms. The molecular formula is C26H25F2N5O. The van der Waals surface area contributed by atoms with E-state index in [9.17, 15) is 5.26 Å². The molecule has 0 aliphatic carbocycles. The average Bonchev–Trinajstić information content (AvgIpc) is 3.47. The fourth-order valence-corrected chi connectivity index (χ4v) is 5.02. The van der Waals surface area contributed by atoms with Gasteiger partial charge in [-0.1, -0.05) is 13.0 Å². The van der Waals surface area contributed by atoms with Gasteiger partial charge in [-0.05, 0) is 48.9 Å². The molecule has 3 aromatic rings. The van der Waals surface area contributed by atoms with Crippen molar-refractivity contribution in [3.05, 3.63) is 57.9 Å². The van der Waals surface area contributed by atoms with Crippen LogP contribution in [-0.2, 0) is 18.0 Å². The zero-order valence-electron chi connectivity index (χ0n) is 19.4. The van der Waals surface area contributed by atoms with Crippen molar-refractivity contribution < 1.29 is 13.5 Å². The van der Waals surface area contributed by atoms with Crippen LogP contribution in [0.25, 0.3) is 27.6 Å². The lowest BCUT2D eigenvalue weighted by atomic mass is 9.86. The molecule has 1 aromatic heterocycles. The van der Waals surface area contributed by atoms with Crippen LogP contribution in [-0.4, -0.2) is 23.1 Å². The molecule has 2 aliphatic heterocycles. The molecule has 1 fully saturated rings. The monoisotopic (exact) mass is 461 g/mol. The number of fused-ring (bicyclic) bond motifs is 3. The highest BCUT2D eigenvalue weighted by molar-refractivity contribution is 5.96. The van der Waals surface area contributed by atoms with Crippen molar-refractivity contribution in [1.29, 1.82) is 5.26 Å². The molecule has 0 bridgehead atoms. The first-order chi connectivity index (χ1) is 16.3. The third-order valence-corrected chi connectivity index (χ3v) is 6.76. The number of ether oxygens (including phenoxy) is 1. The highest BCUT2D eigenvalue weighted by atomic mass is 19.1. The van der Waals surface area contributed by atoms with E-state index in [0.717, 1.165) is 25.1 Å². The molecule has 8 heteroatoms. The number of nitrogens with two attached hydrogens (primary N) is 1. The number of aromatic nitrogens is 2. The van der Waals surface area contributed by atoms with E-state index in [0.29, 0.717) is 28.4 Å². The molecule has 1 saturated heterocycles. The van der Waals surface area contributed by atoms with Crippen molar-refractivity contribution in [2.45, 2.75) is 40.4 Å². The summed E-state index contributed by atoms with van der Waals surface area (Å²) in [5, 5.41) is 10.4. The van der Waals surface area contributed by atoms with Gasteiger partial charge in [0.1, 0.15) is 17.4 Å². The molecule has 0 amide bonds. The van der Waals surface area contributed by atoms with Crippen LogP contribution in [0.3, 0.4) is 0 Å². The van der Waals surface area contributed by atoms with Crippen LogP contribution in [0.1, 0.15) is 42.5 Å². The van der Waals surface area contributed by atoms with Crippen LogP contribution < -0.4 is 10.6 Å². The highest BCUT2D eigenvalue weighted by Crippen LogP contribution is 2.44. The predicted molar refractivity (Wildman–Crippen MR) is 127 cm³/mol. The molecule has 3 heterocycles.